The third kappa shape index (κ3) is 1.67. The first-order valence-corrected chi connectivity index (χ1v) is 7.52. The number of pyridine rings is 2. The maximum atomic E-state index is 4.79. The second kappa shape index (κ2) is 4.23. The molecule has 0 atom stereocenters. The Labute approximate surface area is 131 Å². The minimum Gasteiger partial charge on any atom is -0.236 e. The van der Waals surface area contributed by atoms with Crippen molar-refractivity contribution in [2.75, 3.05) is 0 Å². The first-order chi connectivity index (χ1) is 11.2. The molecule has 0 fully saturated rings. The minimum atomic E-state index is 0.720. The van der Waals surface area contributed by atoms with Crippen molar-refractivity contribution in [2.24, 2.45) is 0 Å². The monoisotopic (exact) mass is 299 g/mol. The fourth-order valence-corrected chi connectivity index (χ4v) is 3.20. The minimum absolute atomic E-state index is 0.720. The van der Waals surface area contributed by atoms with Crippen LogP contribution in [0.15, 0.2) is 42.6 Å². The quantitative estimate of drug-likeness (QED) is 0.410. The summed E-state index contributed by atoms with van der Waals surface area (Å²) in [5.74, 6) is 0. The SMILES string of the molecule is Cc1cc(C)c2c(n1)nn1c3nc4ccccc4cc3cnc21. The second-order valence-electron chi connectivity index (χ2n) is 5.87. The van der Waals surface area contributed by atoms with Crippen LogP contribution in [0.1, 0.15) is 11.3 Å². The Morgan fingerprint density at radius 3 is 2.70 bits per heavy atom. The first-order valence-electron chi connectivity index (χ1n) is 7.52. The highest BCUT2D eigenvalue weighted by Gasteiger charge is 2.14. The molecule has 4 heterocycles. The Morgan fingerprint density at radius 1 is 0.913 bits per heavy atom. The number of aromatic nitrogens is 5. The second-order valence-corrected chi connectivity index (χ2v) is 5.87. The van der Waals surface area contributed by atoms with E-state index in [1.807, 2.05) is 35.8 Å². The molecule has 0 spiro atoms. The average molecular weight is 299 g/mol. The van der Waals surface area contributed by atoms with Crippen molar-refractivity contribution in [3.63, 3.8) is 0 Å². The van der Waals surface area contributed by atoms with E-state index in [1.165, 1.54) is 0 Å². The summed E-state index contributed by atoms with van der Waals surface area (Å²) in [5.41, 5.74) is 5.38. The number of benzene rings is 1. The largest absolute Gasteiger partial charge is 0.236 e. The van der Waals surface area contributed by atoms with Gasteiger partial charge in [0.05, 0.1) is 10.9 Å². The van der Waals surface area contributed by atoms with E-state index < -0.39 is 0 Å². The van der Waals surface area contributed by atoms with Crippen molar-refractivity contribution in [1.82, 2.24) is 24.6 Å². The zero-order valence-corrected chi connectivity index (χ0v) is 12.8. The van der Waals surface area contributed by atoms with Crippen LogP contribution in [0.4, 0.5) is 0 Å². The molecule has 4 aromatic heterocycles. The number of rotatable bonds is 0. The average Bonchev–Trinajstić information content (AvgIpc) is 2.91. The number of fused-ring (bicyclic) bond motifs is 6. The van der Waals surface area contributed by atoms with Crippen molar-refractivity contribution >= 4 is 38.6 Å². The topological polar surface area (TPSA) is 56.0 Å². The zero-order chi connectivity index (χ0) is 15.6. The van der Waals surface area contributed by atoms with Gasteiger partial charge in [0.25, 0.3) is 0 Å². The van der Waals surface area contributed by atoms with Crippen LogP contribution in [0.2, 0.25) is 0 Å². The molecule has 0 unspecified atom stereocenters. The fourth-order valence-electron chi connectivity index (χ4n) is 3.20. The van der Waals surface area contributed by atoms with Gasteiger partial charge in [0.15, 0.2) is 16.9 Å². The van der Waals surface area contributed by atoms with Crippen LogP contribution < -0.4 is 0 Å². The van der Waals surface area contributed by atoms with E-state index in [2.05, 4.69) is 40.2 Å². The number of nitrogens with zero attached hydrogens (tertiary/aromatic N) is 5. The van der Waals surface area contributed by atoms with Crippen LogP contribution in [-0.2, 0) is 0 Å². The van der Waals surface area contributed by atoms with E-state index in [1.54, 1.807) is 0 Å². The van der Waals surface area contributed by atoms with Gasteiger partial charge in [-0.25, -0.2) is 15.0 Å². The molecule has 0 N–H and O–H groups in total. The van der Waals surface area contributed by atoms with Gasteiger partial charge in [-0.3, -0.25) is 0 Å². The van der Waals surface area contributed by atoms with Crippen molar-refractivity contribution in [3.05, 3.63) is 53.9 Å². The Hall–Kier alpha value is -3.08. The predicted octanol–water partition coefficient (Wildman–Crippen LogP) is 3.60. The molecule has 110 valence electrons. The molecule has 0 aliphatic rings. The number of hydrogen-bond acceptors (Lipinski definition) is 4. The van der Waals surface area contributed by atoms with E-state index in [0.717, 1.165) is 49.9 Å². The molecule has 23 heavy (non-hydrogen) atoms. The van der Waals surface area contributed by atoms with Crippen molar-refractivity contribution in [3.8, 4) is 0 Å². The summed E-state index contributed by atoms with van der Waals surface area (Å²) in [6, 6.07) is 12.2. The van der Waals surface area contributed by atoms with E-state index in [9.17, 15) is 0 Å². The predicted molar refractivity (Wildman–Crippen MR) is 90.6 cm³/mol. The molecule has 1 aromatic carbocycles. The van der Waals surface area contributed by atoms with Crippen LogP contribution >= 0.6 is 0 Å². The molecule has 0 amide bonds. The highest BCUT2D eigenvalue weighted by molar-refractivity contribution is 5.97. The molecule has 5 aromatic rings. The van der Waals surface area contributed by atoms with Crippen molar-refractivity contribution in [1.29, 1.82) is 0 Å². The van der Waals surface area contributed by atoms with Gasteiger partial charge in [-0.05, 0) is 37.6 Å². The lowest BCUT2D eigenvalue weighted by Crippen LogP contribution is -1.96. The van der Waals surface area contributed by atoms with Gasteiger partial charge in [0.1, 0.15) is 0 Å². The Bertz CT molecular complexity index is 1240. The molecule has 0 radical (unpaired) electrons. The maximum Gasteiger partial charge on any atom is 0.184 e. The first kappa shape index (κ1) is 12.5. The lowest BCUT2D eigenvalue weighted by Gasteiger charge is -2.03. The molecule has 0 aliphatic heterocycles. The highest BCUT2D eigenvalue weighted by Crippen LogP contribution is 2.25. The van der Waals surface area contributed by atoms with Crippen LogP contribution in [0, 0.1) is 13.8 Å². The maximum absolute atomic E-state index is 4.79. The summed E-state index contributed by atoms with van der Waals surface area (Å²) in [7, 11) is 0. The molecule has 0 bridgehead atoms. The van der Waals surface area contributed by atoms with Crippen molar-refractivity contribution < 1.29 is 0 Å². The molecule has 5 nitrogen and oxygen atoms in total. The van der Waals surface area contributed by atoms with Crippen LogP contribution in [-0.4, -0.2) is 24.6 Å². The number of aryl methyl sites for hydroxylation is 2. The van der Waals surface area contributed by atoms with Gasteiger partial charge in [-0.2, -0.15) is 4.52 Å². The van der Waals surface area contributed by atoms with Gasteiger partial charge in [-0.15, -0.1) is 5.10 Å². The normalized spacial score (nSPS) is 11.9. The van der Waals surface area contributed by atoms with E-state index >= 15 is 0 Å². The lowest BCUT2D eigenvalue weighted by molar-refractivity contribution is 0.973. The van der Waals surface area contributed by atoms with Gasteiger partial charge in [-0.1, -0.05) is 18.2 Å². The summed E-state index contributed by atoms with van der Waals surface area (Å²) < 4.78 is 1.81. The molecule has 5 rings (SSSR count). The highest BCUT2D eigenvalue weighted by atomic mass is 15.3. The standard InChI is InChI=1S/C18H13N5/c1-10-7-11(2)20-16-15(10)18-19-9-13-8-12-5-3-4-6-14(12)21-17(13)23(18)22-16/h3-9H,1-2H3. The summed E-state index contributed by atoms with van der Waals surface area (Å²) in [5, 5.41) is 7.72. The lowest BCUT2D eigenvalue weighted by atomic mass is 10.2. The van der Waals surface area contributed by atoms with Crippen LogP contribution in [0.3, 0.4) is 0 Å². The van der Waals surface area contributed by atoms with E-state index in [4.69, 9.17) is 4.98 Å². The summed E-state index contributed by atoms with van der Waals surface area (Å²) in [4.78, 5) is 13.9. The molecular formula is C18H13N5. The summed E-state index contributed by atoms with van der Waals surface area (Å²) in [6.07, 6.45) is 1.87. The molecule has 5 heteroatoms. The Balaban J connectivity index is 2.02. The molecular weight excluding hydrogens is 286 g/mol. The van der Waals surface area contributed by atoms with Crippen molar-refractivity contribution in [2.45, 2.75) is 13.8 Å². The third-order valence-corrected chi connectivity index (χ3v) is 4.20. The Morgan fingerprint density at radius 2 is 1.78 bits per heavy atom. The van der Waals surface area contributed by atoms with E-state index in [-0.39, 0.29) is 0 Å². The molecule has 0 aliphatic carbocycles. The Kier molecular flexibility index (Phi) is 2.29. The van der Waals surface area contributed by atoms with Crippen LogP contribution in [0.5, 0.6) is 0 Å². The zero-order valence-electron chi connectivity index (χ0n) is 12.8. The smallest absolute Gasteiger partial charge is 0.184 e. The van der Waals surface area contributed by atoms with Gasteiger partial charge < -0.3 is 0 Å². The number of para-hydroxylation sites is 1. The number of hydrogen-bond donors (Lipinski definition) is 0. The van der Waals surface area contributed by atoms with Gasteiger partial charge >= 0.3 is 0 Å². The summed E-state index contributed by atoms with van der Waals surface area (Å²) in [6.45, 7) is 4.05. The van der Waals surface area contributed by atoms with Gasteiger partial charge in [0, 0.05) is 22.7 Å². The van der Waals surface area contributed by atoms with Crippen LogP contribution in [0.25, 0.3) is 38.6 Å². The molecule has 0 saturated carbocycles. The van der Waals surface area contributed by atoms with Gasteiger partial charge in [0.2, 0.25) is 0 Å². The molecule has 0 saturated heterocycles. The fraction of sp³-hybridized carbons (Fsp3) is 0.111. The third-order valence-electron chi connectivity index (χ3n) is 4.20. The summed E-state index contributed by atoms with van der Waals surface area (Å²) >= 11 is 0. The van der Waals surface area contributed by atoms with E-state index in [0.29, 0.717) is 0 Å².